The van der Waals surface area contributed by atoms with Gasteiger partial charge in [-0.05, 0) is 24.3 Å². The number of benzene rings is 2. The molecular formula is C22H21N5O2. The van der Waals surface area contributed by atoms with E-state index in [2.05, 4.69) is 32.3 Å². The van der Waals surface area contributed by atoms with Crippen LogP contribution in [0.1, 0.15) is 20.8 Å². The van der Waals surface area contributed by atoms with Gasteiger partial charge in [0, 0.05) is 49.8 Å². The first-order valence-electron chi connectivity index (χ1n) is 9.49. The molecule has 2 amide bonds. The molecule has 3 aromatic rings. The van der Waals surface area contributed by atoms with Crippen LogP contribution in [0.15, 0.2) is 73.1 Å². The summed E-state index contributed by atoms with van der Waals surface area (Å²) >= 11 is 0. The molecular weight excluding hydrogens is 366 g/mol. The quantitative estimate of drug-likeness (QED) is 0.745. The minimum absolute atomic E-state index is 0.157. The Balaban J connectivity index is 1.45. The predicted molar refractivity (Wildman–Crippen MR) is 111 cm³/mol. The van der Waals surface area contributed by atoms with E-state index in [1.54, 1.807) is 29.2 Å². The number of aromatic nitrogens is 2. The standard InChI is InChI=1S/C22H21N5O2/c28-21(17-7-3-1-4-8-17)25-20-19(23-11-12-24-20)22(29)27-15-13-26(14-16-27)18-9-5-2-6-10-18/h1-12H,13-16H2,(H,24,25,28). The van der Waals surface area contributed by atoms with Crippen LogP contribution < -0.4 is 10.2 Å². The minimum Gasteiger partial charge on any atom is -0.368 e. The van der Waals surface area contributed by atoms with Gasteiger partial charge < -0.3 is 15.1 Å². The SMILES string of the molecule is O=C(Nc1nccnc1C(=O)N1CCN(c2ccccc2)CC1)c1ccccc1. The normalized spacial score (nSPS) is 13.8. The van der Waals surface area contributed by atoms with E-state index in [-0.39, 0.29) is 23.3 Å². The summed E-state index contributed by atoms with van der Waals surface area (Å²) in [5.74, 6) is -0.375. The third-order valence-corrected chi connectivity index (χ3v) is 4.86. The Morgan fingerprint density at radius 2 is 1.41 bits per heavy atom. The van der Waals surface area contributed by atoms with E-state index >= 15 is 0 Å². The first-order valence-corrected chi connectivity index (χ1v) is 9.49. The highest BCUT2D eigenvalue weighted by atomic mass is 16.2. The molecule has 0 radical (unpaired) electrons. The second kappa shape index (κ2) is 8.52. The molecule has 1 fully saturated rings. The molecule has 2 aromatic carbocycles. The lowest BCUT2D eigenvalue weighted by atomic mass is 10.2. The molecule has 0 atom stereocenters. The number of para-hydroxylation sites is 1. The van der Waals surface area contributed by atoms with Gasteiger partial charge >= 0.3 is 0 Å². The van der Waals surface area contributed by atoms with Crippen molar-refractivity contribution in [2.24, 2.45) is 0 Å². The fourth-order valence-corrected chi connectivity index (χ4v) is 3.31. The fourth-order valence-electron chi connectivity index (χ4n) is 3.31. The molecule has 2 heterocycles. The first-order chi connectivity index (χ1) is 14.2. The van der Waals surface area contributed by atoms with Crippen molar-refractivity contribution in [3.8, 4) is 0 Å². The lowest BCUT2D eigenvalue weighted by Crippen LogP contribution is -2.49. The fraction of sp³-hybridized carbons (Fsp3) is 0.182. The molecule has 1 N–H and O–H groups in total. The second-order valence-electron chi connectivity index (χ2n) is 6.69. The Morgan fingerprint density at radius 3 is 2.10 bits per heavy atom. The van der Waals surface area contributed by atoms with E-state index in [0.717, 1.165) is 18.8 Å². The maximum atomic E-state index is 13.0. The maximum absolute atomic E-state index is 13.0. The summed E-state index contributed by atoms with van der Waals surface area (Å²) in [5, 5.41) is 2.71. The first kappa shape index (κ1) is 18.6. The maximum Gasteiger partial charge on any atom is 0.276 e. The van der Waals surface area contributed by atoms with Gasteiger partial charge in [0.15, 0.2) is 11.5 Å². The third kappa shape index (κ3) is 4.24. The zero-order valence-corrected chi connectivity index (χ0v) is 15.9. The zero-order valence-electron chi connectivity index (χ0n) is 15.9. The molecule has 146 valence electrons. The van der Waals surface area contributed by atoms with Crippen LogP contribution in [-0.4, -0.2) is 52.9 Å². The summed E-state index contributed by atoms with van der Waals surface area (Å²) in [6.45, 7) is 2.64. The number of hydrogen-bond acceptors (Lipinski definition) is 5. The molecule has 0 spiro atoms. The number of nitrogens with zero attached hydrogens (tertiary/aromatic N) is 4. The molecule has 0 unspecified atom stereocenters. The van der Waals surface area contributed by atoms with Crippen molar-refractivity contribution in [2.45, 2.75) is 0 Å². The Bertz CT molecular complexity index is 986. The number of rotatable bonds is 4. The van der Waals surface area contributed by atoms with E-state index in [9.17, 15) is 9.59 Å². The van der Waals surface area contributed by atoms with Crippen LogP contribution in [0.3, 0.4) is 0 Å². The van der Waals surface area contributed by atoms with Crippen LogP contribution in [0, 0.1) is 0 Å². The van der Waals surface area contributed by atoms with Gasteiger partial charge in [0.25, 0.3) is 11.8 Å². The van der Waals surface area contributed by atoms with Crippen molar-refractivity contribution in [3.05, 3.63) is 84.3 Å². The summed E-state index contributed by atoms with van der Waals surface area (Å²) in [6, 6.07) is 18.9. The predicted octanol–water partition coefficient (Wildman–Crippen LogP) is 2.69. The molecule has 7 nitrogen and oxygen atoms in total. The summed E-state index contributed by atoms with van der Waals surface area (Å²) in [7, 11) is 0. The number of carbonyl (C=O) groups excluding carboxylic acids is 2. The number of carbonyl (C=O) groups is 2. The molecule has 29 heavy (non-hydrogen) atoms. The van der Waals surface area contributed by atoms with Gasteiger partial charge in [0.2, 0.25) is 0 Å². The van der Waals surface area contributed by atoms with Crippen LogP contribution in [-0.2, 0) is 0 Å². The summed E-state index contributed by atoms with van der Waals surface area (Å²) in [6.07, 6.45) is 2.93. The largest absolute Gasteiger partial charge is 0.368 e. The highest BCUT2D eigenvalue weighted by molar-refractivity contribution is 6.07. The Morgan fingerprint density at radius 1 is 0.793 bits per heavy atom. The lowest BCUT2D eigenvalue weighted by Gasteiger charge is -2.36. The Kier molecular flexibility index (Phi) is 5.47. The molecule has 1 aromatic heterocycles. The van der Waals surface area contributed by atoms with Crippen molar-refractivity contribution in [1.82, 2.24) is 14.9 Å². The Labute approximate surface area is 169 Å². The molecule has 0 aliphatic carbocycles. The van der Waals surface area contributed by atoms with Gasteiger partial charge in [-0.15, -0.1) is 0 Å². The average molecular weight is 387 g/mol. The molecule has 0 saturated carbocycles. The van der Waals surface area contributed by atoms with Crippen molar-refractivity contribution < 1.29 is 9.59 Å². The van der Waals surface area contributed by atoms with E-state index in [1.165, 1.54) is 12.4 Å². The van der Waals surface area contributed by atoms with E-state index in [1.807, 2.05) is 24.3 Å². The van der Waals surface area contributed by atoms with Gasteiger partial charge in [-0.2, -0.15) is 0 Å². The van der Waals surface area contributed by atoms with Crippen LogP contribution in [0.25, 0.3) is 0 Å². The number of nitrogens with one attached hydrogen (secondary N) is 1. The zero-order chi connectivity index (χ0) is 20.1. The lowest BCUT2D eigenvalue weighted by molar-refractivity contribution is 0.0741. The Hall–Kier alpha value is -3.74. The molecule has 7 heteroatoms. The van der Waals surface area contributed by atoms with E-state index in [0.29, 0.717) is 18.7 Å². The summed E-state index contributed by atoms with van der Waals surface area (Å²) in [4.78, 5) is 37.9. The van der Waals surface area contributed by atoms with Gasteiger partial charge in [-0.1, -0.05) is 36.4 Å². The summed E-state index contributed by atoms with van der Waals surface area (Å²) < 4.78 is 0. The van der Waals surface area contributed by atoms with Gasteiger partial charge in [-0.3, -0.25) is 9.59 Å². The molecule has 1 aliphatic rings. The van der Waals surface area contributed by atoms with Crippen LogP contribution in [0.4, 0.5) is 11.5 Å². The van der Waals surface area contributed by atoms with Gasteiger partial charge in [-0.25, -0.2) is 9.97 Å². The number of amides is 2. The number of hydrogen-bond donors (Lipinski definition) is 1. The second-order valence-corrected chi connectivity index (χ2v) is 6.69. The van der Waals surface area contributed by atoms with Crippen molar-refractivity contribution in [3.63, 3.8) is 0 Å². The molecule has 0 bridgehead atoms. The molecule has 4 rings (SSSR count). The van der Waals surface area contributed by atoms with E-state index < -0.39 is 0 Å². The van der Waals surface area contributed by atoms with Gasteiger partial charge in [0.1, 0.15) is 0 Å². The number of anilines is 2. The average Bonchev–Trinajstić information content (AvgIpc) is 2.80. The van der Waals surface area contributed by atoms with Gasteiger partial charge in [0.05, 0.1) is 0 Å². The topological polar surface area (TPSA) is 78.4 Å². The summed E-state index contributed by atoms with van der Waals surface area (Å²) in [5.41, 5.74) is 1.80. The highest BCUT2D eigenvalue weighted by Gasteiger charge is 2.26. The van der Waals surface area contributed by atoms with Crippen molar-refractivity contribution in [1.29, 1.82) is 0 Å². The molecule has 1 aliphatic heterocycles. The smallest absolute Gasteiger partial charge is 0.276 e. The monoisotopic (exact) mass is 387 g/mol. The number of piperazine rings is 1. The van der Waals surface area contributed by atoms with Crippen LogP contribution in [0.2, 0.25) is 0 Å². The van der Waals surface area contributed by atoms with Crippen molar-refractivity contribution >= 4 is 23.3 Å². The van der Waals surface area contributed by atoms with Crippen LogP contribution >= 0.6 is 0 Å². The van der Waals surface area contributed by atoms with E-state index in [4.69, 9.17) is 0 Å². The minimum atomic E-state index is -0.325. The van der Waals surface area contributed by atoms with Crippen molar-refractivity contribution in [2.75, 3.05) is 36.4 Å². The third-order valence-electron chi connectivity index (χ3n) is 4.86. The van der Waals surface area contributed by atoms with Crippen LogP contribution in [0.5, 0.6) is 0 Å². The highest BCUT2D eigenvalue weighted by Crippen LogP contribution is 2.18. The molecule has 1 saturated heterocycles.